The lowest BCUT2D eigenvalue weighted by Crippen LogP contribution is -2.33. The van der Waals surface area contributed by atoms with Crippen molar-refractivity contribution in [3.8, 4) is 0 Å². The van der Waals surface area contributed by atoms with Crippen LogP contribution in [0, 0.1) is 0 Å². The number of amides is 1. The molecule has 0 atom stereocenters. The SMILES string of the molecule is CN(CCNC(=O)c1ccnc(CN)c1)c1ccccc1.Cl.Cl. The lowest BCUT2D eigenvalue weighted by atomic mass is 10.2. The van der Waals surface area contributed by atoms with Crippen molar-refractivity contribution in [3.05, 3.63) is 59.9 Å². The minimum absolute atomic E-state index is 0. The fourth-order valence-corrected chi connectivity index (χ4v) is 1.98. The number of nitrogens with two attached hydrogens (primary N) is 1. The van der Waals surface area contributed by atoms with Gasteiger partial charge in [-0.3, -0.25) is 9.78 Å². The summed E-state index contributed by atoms with van der Waals surface area (Å²) in [7, 11) is 2.00. The van der Waals surface area contributed by atoms with E-state index in [1.54, 1.807) is 18.3 Å². The fraction of sp³-hybridized carbons (Fsp3) is 0.250. The van der Waals surface area contributed by atoms with Crippen LogP contribution in [0.5, 0.6) is 0 Å². The fourth-order valence-electron chi connectivity index (χ4n) is 1.98. The Morgan fingerprint density at radius 2 is 1.91 bits per heavy atom. The van der Waals surface area contributed by atoms with E-state index in [4.69, 9.17) is 5.73 Å². The van der Waals surface area contributed by atoms with Gasteiger partial charge in [0.1, 0.15) is 0 Å². The molecule has 1 amide bonds. The van der Waals surface area contributed by atoms with Crippen molar-refractivity contribution >= 4 is 36.4 Å². The van der Waals surface area contributed by atoms with E-state index < -0.39 is 0 Å². The topological polar surface area (TPSA) is 71.2 Å². The van der Waals surface area contributed by atoms with Gasteiger partial charge in [-0.1, -0.05) is 18.2 Å². The minimum Gasteiger partial charge on any atom is -0.373 e. The first-order valence-electron chi connectivity index (χ1n) is 6.90. The zero-order chi connectivity index (χ0) is 15.1. The van der Waals surface area contributed by atoms with Crippen LogP contribution >= 0.6 is 24.8 Å². The van der Waals surface area contributed by atoms with Crippen molar-refractivity contribution in [2.24, 2.45) is 5.73 Å². The summed E-state index contributed by atoms with van der Waals surface area (Å²) in [6.07, 6.45) is 1.60. The van der Waals surface area contributed by atoms with Gasteiger partial charge in [-0.2, -0.15) is 0 Å². The van der Waals surface area contributed by atoms with Crippen molar-refractivity contribution < 1.29 is 4.79 Å². The first-order valence-corrected chi connectivity index (χ1v) is 6.90. The molecule has 2 aromatic rings. The van der Waals surface area contributed by atoms with Crippen LogP contribution in [-0.4, -0.2) is 31.0 Å². The number of nitrogens with zero attached hydrogens (tertiary/aromatic N) is 2. The smallest absolute Gasteiger partial charge is 0.251 e. The highest BCUT2D eigenvalue weighted by Crippen LogP contribution is 2.09. The summed E-state index contributed by atoms with van der Waals surface area (Å²) < 4.78 is 0. The molecule has 5 nitrogen and oxygen atoms in total. The molecule has 1 aromatic heterocycles. The molecule has 126 valence electrons. The van der Waals surface area contributed by atoms with Gasteiger partial charge in [0.05, 0.1) is 5.69 Å². The molecule has 0 aliphatic rings. The van der Waals surface area contributed by atoms with Crippen LogP contribution in [0.2, 0.25) is 0 Å². The molecule has 0 bridgehead atoms. The average molecular weight is 357 g/mol. The van der Waals surface area contributed by atoms with Crippen molar-refractivity contribution in [1.82, 2.24) is 10.3 Å². The largest absolute Gasteiger partial charge is 0.373 e. The Morgan fingerprint density at radius 1 is 1.22 bits per heavy atom. The molecule has 0 aliphatic heterocycles. The van der Waals surface area contributed by atoms with Crippen LogP contribution in [0.3, 0.4) is 0 Å². The van der Waals surface area contributed by atoms with Gasteiger partial charge in [0.25, 0.3) is 5.91 Å². The van der Waals surface area contributed by atoms with Gasteiger partial charge in [0.15, 0.2) is 0 Å². The zero-order valence-electron chi connectivity index (χ0n) is 12.9. The van der Waals surface area contributed by atoms with Gasteiger partial charge < -0.3 is 16.0 Å². The standard InChI is InChI=1S/C16H20N4O.2ClH/c1-20(15-5-3-2-4-6-15)10-9-19-16(21)13-7-8-18-14(11-13)12-17;;/h2-8,11H,9-10,12,17H2,1H3,(H,19,21);2*1H. The number of carbonyl (C=O) groups is 1. The summed E-state index contributed by atoms with van der Waals surface area (Å²) in [5.74, 6) is -0.103. The maximum atomic E-state index is 12.0. The van der Waals surface area contributed by atoms with Crippen molar-refractivity contribution in [2.75, 3.05) is 25.0 Å². The van der Waals surface area contributed by atoms with E-state index in [-0.39, 0.29) is 30.7 Å². The number of rotatable bonds is 6. The van der Waals surface area contributed by atoms with Crippen molar-refractivity contribution in [1.29, 1.82) is 0 Å². The van der Waals surface area contributed by atoms with Crippen LogP contribution < -0.4 is 16.0 Å². The second-order valence-electron chi connectivity index (χ2n) is 4.75. The van der Waals surface area contributed by atoms with Crippen LogP contribution in [0.4, 0.5) is 5.69 Å². The number of benzene rings is 1. The molecule has 0 fully saturated rings. The third kappa shape index (κ3) is 6.44. The molecular formula is C16H22Cl2N4O. The van der Waals surface area contributed by atoms with Crippen LogP contribution in [-0.2, 0) is 6.54 Å². The van der Waals surface area contributed by atoms with E-state index in [1.165, 1.54) is 0 Å². The molecule has 2 rings (SSSR count). The zero-order valence-corrected chi connectivity index (χ0v) is 14.6. The monoisotopic (exact) mass is 356 g/mol. The molecular weight excluding hydrogens is 335 g/mol. The Morgan fingerprint density at radius 3 is 2.57 bits per heavy atom. The summed E-state index contributed by atoms with van der Waals surface area (Å²) in [5.41, 5.74) is 7.95. The number of pyridine rings is 1. The molecule has 1 aromatic carbocycles. The predicted octanol–water partition coefficient (Wildman–Crippen LogP) is 2.25. The summed E-state index contributed by atoms with van der Waals surface area (Å²) in [6.45, 7) is 1.65. The maximum Gasteiger partial charge on any atom is 0.251 e. The summed E-state index contributed by atoms with van der Waals surface area (Å²) >= 11 is 0. The predicted molar refractivity (Wildman–Crippen MR) is 98.7 cm³/mol. The van der Waals surface area contributed by atoms with Crippen LogP contribution in [0.15, 0.2) is 48.7 Å². The molecule has 1 heterocycles. The van der Waals surface area contributed by atoms with Gasteiger partial charge in [0, 0.05) is 44.1 Å². The second kappa shape index (κ2) is 10.8. The second-order valence-corrected chi connectivity index (χ2v) is 4.75. The van der Waals surface area contributed by atoms with Crippen molar-refractivity contribution in [2.45, 2.75) is 6.54 Å². The number of nitrogens with one attached hydrogen (secondary N) is 1. The molecule has 0 saturated carbocycles. The van der Waals surface area contributed by atoms with E-state index in [1.807, 2.05) is 37.4 Å². The average Bonchev–Trinajstić information content (AvgIpc) is 2.55. The summed E-state index contributed by atoms with van der Waals surface area (Å²) in [4.78, 5) is 18.2. The third-order valence-electron chi connectivity index (χ3n) is 3.22. The van der Waals surface area contributed by atoms with E-state index in [0.717, 1.165) is 12.2 Å². The van der Waals surface area contributed by atoms with Gasteiger partial charge in [-0.05, 0) is 24.3 Å². The first-order chi connectivity index (χ1) is 10.2. The highest BCUT2D eigenvalue weighted by molar-refractivity contribution is 5.94. The van der Waals surface area contributed by atoms with Crippen molar-refractivity contribution in [3.63, 3.8) is 0 Å². The molecule has 0 aliphatic carbocycles. The number of likely N-dealkylation sites (N-methyl/N-ethyl adjacent to an activating group) is 1. The highest BCUT2D eigenvalue weighted by atomic mass is 35.5. The van der Waals surface area contributed by atoms with Gasteiger partial charge >= 0.3 is 0 Å². The number of aromatic nitrogens is 1. The Hall–Kier alpha value is -1.82. The number of hydrogen-bond donors (Lipinski definition) is 2. The van der Waals surface area contributed by atoms with E-state index in [9.17, 15) is 4.79 Å². The molecule has 0 radical (unpaired) electrons. The van der Waals surface area contributed by atoms with Gasteiger partial charge in [0.2, 0.25) is 0 Å². The molecule has 3 N–H and O–H groups in total. The molecule has 7 heteroatoms. The Kier molecular flexibility index (Phi) is 9.97. The van der Waals surface area contributed by atoms with E-state index in [0.29, 0.717) is 24.3 Å². The number of carbonyl (C=O) groups excluding carboxylic acids is 1. The third-order valence-corrected chi connectivity index (χ3v) is 3.22. The lowest BCUT2D eigenvalue weighted by molar-refractivity contribution is 0.0954. The number of hydrogen-bond acceptors (Lipinski definition) is 4. The van der Waals surface area contributed by atoms with E-state index in [2.05, 4.69) is 15.2 Å². The quantitative estimate of drug-likeness (QED) is 0.832. The van der Waals surface area contributed by atoms with Crippen LogP contribution in [0.1, 0.15) is 16.1 Å². The van der Waals surface area contributed by atoms with Crippen LogP contribution in [0.25, 0.3) is 0 Å². The Labute approximate surface area is 149 Å². The molecule has 0 unspecified atom stereocenters. The minimum atomic E-state index is -0.103. The molecule has 0 spiro atoms. The number of halogens is 2. The Bertz CT molecular complexity index is 596. The summed E-state index contributed by atoms with van der Waals surface area (Å²) in [5, 5.41) is 2.90. The first kappa shape index (κ1) is 21.2. The van der Waals surface area contributed by atoms with E-state index >= 15 is 0 Å². The maximum absolute atomic E-state index is 12.0. The highest BCUT2D eigenvalue weighted by Gasteiger charge is 2.06. The summed E-state index contributed by atoms with van der Waals surface area (Å²) in [6, 6.07) is 13.5. The molecule has 0 saturated heterocycles. The van der Waals surface area contributed by atoms with Gasteiger partial charge in [-0.25, -0.2) is 0 Å². The lowest BCUT2D eigenvalue weighted by Gasteiger charge is -2.19. The number of para-hydroxylation sites is 1. The molecule has 23 heavy (non-hydrogen) atoms. The number of anilines is 1. The normalized spacial score (nSPS) is 9.30. The Balaban J connectivity index is 0.00000242. The van der Waals surface area contributed by atoms with Gasteiger partial charge in [-0.15, -0.1) is 24.8 Å².